The van der Waals surface area contributed by atoms with Crippen LogP contribution in [0.15, 0.2) is 76.4 Å². The molecule has 2 aromatic heterocycles. The van der Waals surface area contributed by atoms with Crippen molar-refractivity contribution in [1.82, 2.24) is 14.1 Å². The fraction of sp³-hybridized carbons (Fsp3) is 0.250. The Labute approximate surface area is 213 Å². The molecule has 0 fully saturated rings. The van der Waals surface area contributed by atoms with E-state index in [0.29, 0.717) is 22.6 Å². The zero-order valence-corrected chi connectivity index (χ0v) is 21.1. The molecule has 0 aliphatic carbocycles. The topological polar surface area (TPSA) is 84.6 Å². The number of hydrogen-bond acceptors (Lipinski definition) is 6. The Morgan fingerprint density at radius 3 is 2.49 bits per heavy atom. The summed E-state index contributed by atoms with van der Waals surface area (Å²) in [4.78, 5) is 30.3. The first-order valence-corrected chi connectivity index (χ1v) is 11.7. The largest absolute Gasteiger partial charge is 0.455 e. The molecule has 0 aliphatic heterocycles. The van der Waals surface area contributed by atoms with Crippen molar-refractivity contribution >= 4 is 0 Å². The predicted molar refractivity (Wildman–Crippen MR) is 138 cm³/mol. The fourth-order valence-corrected chi connectivity index (χ4v) is 4.04. The van der Waals surface area contributed by atoms with Gasteiger partial charge in [-0.3, -0.25) is 9.36 Å². The summed E-state index contributed by atoms with van der Waals surface area (Å²) in [5.41, 5.74) is 2.45. The van der Waals surface area contributed by atoms with Gasteiger partial charge in [-0.2, -0.15) is 0 Å². The molecule has 0 saturated carbocycles. The van der Waals surface area contributed by atoms with Crippen molar-refractivity contribution in [2.75, 3.05) is 0 Å². The average Bonchev–Trinajstić information content (AvgIpc) is 2.88. The Balaban J connectivity index is 1.60. The van der Waals surface area contributed by atoms with E-state index in [1.807, 2.05) is 37.3 Å². The van der Waals surface area contributed by atoms with Gasteiger partial charge in [-0.15, -0.1) is 0 Å². The van der Waals surface area contributed by atoms with Gasteiger partial charge in [0.1, 0.15) is 12.5 Å². The molecular weight excluding hydrogens is 477 g/mol. The van der Waals surface area contributed by atoms with Gasteiger partial charge in [0.25, 0.3) is 11.4 Å². The van der Waals surface area contributed by atoms with Crippen LogP contribution < -0.4 is 20.7 Å². The number of hydrogen-bond donors (Lipinski definition) is 0. The third-order valence-corrected chi connectivity index (χ3v) is 5.80. The van der Waals surface area contributed by atoms with E-state index in [2.05, 4.69) is 4.98 Å². The summed E-state index contributed by atoms with van der Waals surface area (Å²) >= 11 is 0. The summed E-state index contributed by atoms with van der Waals surface area (Å²) in [5, 5.41) is 0. The Morgan fingerprint density at radius 1 is 1.03 bits per heavy atom. The molecular formula is C28H28FN3O5. The van der Waals surface area contributed by atoms with Crippen LogP contribution in [-0.2, 0) is 25.1 Å². The van der Waals surface area contributed by atoms with Crippen LogP contribution in [0.1, 0.15) is 23.6 Å². The number of aryl methyl sites for hydroxylation is 1. The van der Waals surface area contributed by atoms with Gasteiger partial charge in [0.15, 0.2) is 5.75 Å². The quantitative estimate of drug-likeness (QED) is 0.322. The van der Waals surface area contributed by atoms with Gasteiger partial charge < -0.3 is 14.2 Å². The number of aromatic nitrogens is 3. The van der Waals surface area contributed by atoms with Gasteiger partial charge in [0.2, 0.25) is 6.36 Å². The number of benzene rings is 2. The molecule has 4 rings (SSSR count). The Bertz CT molecular complexity index is 1480. The SMILES string of the molecule is Cc1cc(Oc2ncccc2OC(C)F)ccc1-c1c(C)c(=O)n(COCc2ccccc2)c(=O)n1C. The third-order valence-electron chi connectivity index (χ3n) is 5.80. The normalized spacial score (nSPS) is 11.8. The van der Waals surface area contributed by atoms with Gasteiger partial charge in [-0.25, -0.2) is 18.7 Å². The van der Waals surface area contributed by atoms with E-state index in [1.165, 1.54) is 17.7 Å². The molecule has 2 aromatic carbocycles. The number of ether oxygens (including phenoxy) is 3. The summed E-state index contributed by atoms with van der Waals surface area (Å²) in [6, 6.07) is 17.9. The lowest BCUT2D eigenvalue weighted by Gasteiger charge is -2.17. The second-order valence-corrected chi connectivity index (χ2v) is 8.56. The lowest BCUT2D eigenvalue weighted by molar-refractivity contribution is 0.0580. The molecule has 0 saturated heterocycles. The van der Waals surface area contributed by atoms with E-state index in [9.17, 15) is 14.0 Å². The number of rotatable bonds is 9. The van der Waals surface area contributed by atoms with Crippen molar-refractivity contribution in [3.63, 3.8) is 0 Å². The van der Waals surface area contributed by atoms with E-state index < -0.39 is 17.6 Å². The van der Waals surface area contributed by atoms with Crippen molar-refractivity contribution in [3.05, 3.63) is 104 Å². The molecule has 0 bridgehead atoms. The van der Waals surface area contributed by atoms with Gasteiger partial charge in [0.05, 0.1) is 12.3 Å². The Morgan fingerprint density at radius 2 is 1.78 bits per heavy atom. The van der Waals surface area contributed by atoms with Crippen LogP contribution in [0.5, 0.6) is 17.4 Å². The number of nitrogens with zero attached hydrogens (tertiary/aromatic N) is 3. The molecule has 192 valence electrons. The maximum atomic E-state index is 13.4. The fourth-order valence-electron chi connectivity index (χ4n) is 4.04. The van der Waals surface area contributed by atoms with Crippen LogP contribution in [0.3, 0.4) is 0 Å². The van der Waals surface area contributed by atoms with Crippen LogP contribution in [0.4, 0.5) is 4.39 Å². The van der Waals surface area contributed by atoms with Crippen molar-refractivity contribution < 1.29 is 18.6 Å². The van der Waals surface area contributed by atoms with Gasteiger partial charge in [-0.05, 0) is 55.3 Å². The van der Waals surface area contributed by atoms with Crippen LogP contribution in [-0.4, -0.2) is 20.5 Å². The lowest BCUT2D eigenvalue weighted by Crippen LogP contribution is -2.41. The molecule has 1 atom stereocenters. The summed E-state index contributed by atoms with van der Waals surface area (Å²) in [7, 11) is 1.62. The number of alkyl halides is 1. The maximum absolute atomic E-state index is 13.4. The smallest absolute Gasteiger partial charge is 0.333 e. The molecule has 0 aliphatic rings. The van der Waals surface area contributed by atoms with Crippen LogP contribution in [0, 0.1) is 13.8 Å². The van der Waals surface area contributed by atoms with E-state index in [4.69, 9.17) is 14.2 Å². The molecule has 1 unspecified atom stereocenters. The molecule has 2 heterocycles. The third kappa shape index (κ3) is 5.78. The standard InChI is InChI=1S/C28H28FN3O5/c1-18-15-22(37-26-24(36-20(3)29)11-8-14-30-26)12-13-23(18)25-19(2)27(33)32(28(34)31(25)4)17-35-16-21-9-6-5-7-10-21/h5-15,20H,16-17H2,1-4H3. The molecule has 0 spiro atoms. The highest BCUT2D eigenvalue weighted by Crippen LogP contribution is 2.33. The zero-order valence-electron chi connectivity index (χ0n) is 21.1. The van der Waals surface area contributed by atoms with E-state index in [0.717, 1.165) is 15.7 Å². The lowest BCUT2D eigenvalue weighted by atomic mass is 10.0. The van der Waals surface area contributed by atoms with Gasteiger partial charge in [0, 0.05) is 31.3 Å². The minimum absolute atomic E-state index is 0.126. The highest BCUT2D eigenvalue weighted by molar-refractivity contribution is 5.68. The van der Waals surface area contributed by atoms with Crippen LogP contribution in [0.2, 0.25) is 0 Å². The molecule has 0 radical (unpaired) electrons. The van der Waals surface area contributed by atoms with E-state index in [-0.39, 0.29) is 25.0 Å². The van der Waals surface area contributed by atoms with E-state index in [1.54, 1.807) is 44.3 Å². The van der Waals surface area contributed by atoms with E-state index >= 15 is 0 Å². The molecule has 37 heavy (non-hydrogen) atoms. The Kier molecular flexibility index (Phi) is 7.83. The summed E-state index contributed by atoms with van der Waals surface area (Å²) < 4.78 is 32.5. The zero-order chi connectivity index (χ0) is 26.5. The first-order chi connectivity index (χ1) is 17.8. The molecule has 4 aromatic rings. The van der Waals surface area contributed by atoms with Gasteiger partial charge in [-0.1, -0.05) is 30.3 Å². The predicted octanol–water partition coefficient (Wildman–Crippen LogP) is 4.89. The second-order valence-electron chi connectivity index (χ2n) is 8.56. The maximum Gasteiger partial charge on any atom is 0.333 e. The van der Waals surface area contributed by atoms with Crippen LogP contribution in [0.25, 0.3) is 11.3 Å². The Hall–Kier alpha value is -4.24. The molecule has 8 nitrogen and oxygen atoms in total. The van der Waals surface area contributed by atoms with Gasteiger partial charge >= 0.3 is 5.69 Å². The average molecular weight is 506 g/mol. The summed E-state index contributed by atoms with van der Waals surface area (Å²) in [6.07, 6.45) is -0.00454. The number of halogens is 1. The second kappa shape index (κ2) is 11.2. The monoisotopic (exact) mass is 505 g/mol. The first kappa shape index (κ1) is 25.8. The van der Waals surface area contributed by atoms with Crippen LogP contribution >= 0.6 is 0 Å². The minimum atomic E-state index is -1.52. The van der Waals surface area contributed by atoms with Crippen molar-refractivity contribution in [1.29, 1.82) is 0 Å². The highest BCUT2D eigenvalue weighted by atomic mass is 19.1. The summed E-state index contributed by atoms with van der Waals surface area (Å²) in [5.74, 6) is 0.748. The van der Waals surface area contributed by atoms with Crippen molar-refractivity contribution in [2.45, 2.75) is 40.5 Å². The minimum Gasteiger partial charge on any atom is -0.455 e. The van der Waals surface area contributed by atoms with Crippen molar-refractivity contribution in [2.24, 2.45) is 7.05 Å². The summed E-state index contributed by atoms with van der Waals surface area (Å²) in [6.45, 7) is 4.93. The molecule has 0 N–H and O–H groups in total. The highest BCUT2D eigenvalue weighted by Gasteiger charge is 2.18. The number of pyridine rings is 1. The molecule has 9 heteroatoms. The molecule has 0 amide bonds. The first-order valence-electron chi connectivity index (χ1n) is 11.7. The van der Waals surface area contributed by atoms with Crippen molar-refractivity contribution in [3.8, 4) is 28.6 Å².